The molecule has 0 saturated carbocycles. The molecule has 1 aliphatic heterocycles. The summed E-state index contributed by atoms with van der Waals surface area (Å²) in [6, 6.07) is 5.54. The number of ether oxygens (including phenoxy) is 2. The molecule has 1 fully saturated rings. The fraction of sp³-hybridized carbons (Fsp3) is 0.312. The monoisotopic (exact) mass is 359 g/mol. The van der Waals surface area contributed by atoms with Gasteiger partial charge >= 0.3 is 0 Å². The topological polar surface area (TPSA) is 120 Å². The Labute approximate surface area is 148 Å². The number of rotatable bonds is 5. The normalized spacial score (nSPS) is 14.0. The number of nitrogens with zero attached hydrogens (tertiary/aromatic N) is 4. The quantitative estimate of drug-likeness (QED) is 0.630. The second-order valence-electron chi connectivity index (χ2n) is 5.46. The number of nitro benzene ring substituents is 1. The smallest absolute Gasteiger partial charge is 0.274 e. The first kappa shape index (κ1) is 17.5. The first-order valence-corrected chi connectivity index (χ1v) is 7.87. The molecule has 1 saturated heterocycles. The van der Waals surface area contributed by atoms with Gasteiger partial charge in [0, 0.05) is 31.3 Å². The molecular weight excluding hydrogens is 342 g/mol. The minimum absolute atomic E-state index is 0.148. The van der Waals surface area contributed by atoms with E-state index in [1.54, 1.807) is 6.07 Å². The molecule has 0 radical (unpaired) electrons. The van der Waals surface area contributed by atoms with Crippen LogP contribution >= 0.6 is 0 Å². The lowest BCUT2D eigenvalue weighted by molar-refractivity contribution is -0.384. The Morgan fingerprint density at radius 3 is 2.77 bits per heavy atom. The van der Waals surface area contributed by atoms with Crippen molar-refractivity contribution in [3.63, 3.8) is 0 Å². The zero-order valence-corrected chi connectivity index (χ0v) is 14.0. The van der Waals surface area contributed by atoms with E-state index in [-0.39, 0.29) is 17.1 Å². The summed E-state index contributed by atoms with van der Waals surface area (Å²) < 4.78 is 10.4. The number of anilines is 2. The third-order valence-corrected chi connectivity index (χ3v) is 3.86. The van der Waals surface area contributed by atoms with Gasteiger partial charge in [0.05, 0.1) is 30.9 Å². The Morgan fingerprint density at radius 1 is 1.31 bits per heavy atom. The Hall–Kier alpha value is -3.27. The molecule has 0 unspecified atom stereocenters. The molecule has 0 bridgehead atoms. The van der Waals surface area contributed by atoms with Crippen molar-refractivity contribution in [2.45, 2.75) is 0 Å². The molecule has 10 nitrogen and oxygen atoms in total. The van der Waals surface area contributed by atoms with Crippen LogP contribution < -0.4 is 15.0 Å². The van der Waals surface area contributed by atoms with Gasteiger partial charge in [-0.25, -0.2) is 9.97 Å². The van der Waals surface area contributed by atoms with Crippen molar-refractivity contribution in [2.75, 3.05) is 43.6 Å². The lowest BCUT2D eigenvalue weighted by Gasteiger charge is -2.27. The van der Waals surface area contributed by atoms with E-state index in [9.17, 15) is 14.9 Å². The van der Waals surface area contributed by atoms with Gasteiger partial charge in [0.1, 0.15) is 23.6 Å². The van der Waals surface area contributed by atoms with Gasteiger partial charge in [-0.1, -0.05) is 0 Å². The van der Waals surface area contributed by atoms with E-state index in [4.69, 9.17) is 9.47 Å². The van der Waals surface area contributed by atoms with Crippen molar-refractivity contribution >= 4 is 23.1 Å². The zero-order valence-electron chi connectivity index (χ0n) is 14.0. The SMILES string of the molecule is COc1ccc([N+](=O)[O-])cc1NC(=O)c1cc(N2CCOCC2)ncn1. The number of nitro groups is 1. The molecule has 1 aromatic carbocycles. The van der Waals surface area contributed by atoms with Gasteiger partial charge in [0.15, 0.2) is 0 Å². The van der Waals surface area contributed by atoms with Crippen LogP contribution in [-0.2, 0) is 4.74 Å². The summed E-state index contributed by atoms with van der Waals surface area (Å²) in [7, 11) is 1.41. The third kappa shape index (κ3) is 3.86. The van der Waals surface area contributed by atoms with Crippen LogP contribution in [0.15, 0.2) is 30.6 Å². The molecule has 136 valence electrons. The summed E-state index contributed by atoms with van der Waals surface area (Å²) in [6.07, 6.45) is 1.31. The van der Waals surface area contributed by atoms with Crippen LogP contribution in [0.5, 0.6) is 5.75 Å². The first-order chi connectivity index (χ1) is 12.6. The van der Waals surface area contributed by atoms with Gasteiger partial charge in [0.25, 0.3) is 11.6 Å². The molecule has 3 rings (SSSR count). The van der Waals surface area contributed by atoms with Gasteiger partial charge < -0.3 is 19.7 Å². The van der Waals surface area contributed by atoms with Crippen LogP contribution in [0.3, 0.4) is 0 Å². The van der Waals surface area contributed by atoms with E-state index >= 15 is 0 Å². The maximum atomic E-state index is 12.5. The summed E-state index contributed by atoms with van der Waals surface area (Å²) >= 11 is 0. The van der Waals surface area contributed by atoms with Gasteiger partial charge in [0.2, 0.25) is 0 Å². The number of nitrogens with one attached hydrogen (secondary N) is 1. The number of carbonyl (C=O) groups excluding carboxylic acids is 1. The van der Waals surface area contributed by atoms with Crippen molar-refractivity contribution in [2.24, 2.45) is 0 Å². The number of hydrogen-bond acceptors (Lipinski definition) is 8. The Morgan fingerprint density at radius 2 is 2.08 bits per heavy atom. The molecule has 0 spiro atoms. The molecule has 2 heterocycles. The predicted octanol–water partition coefficient (Wildman–Crippen LogP) is 1.48. The first-order valence-electron chi connectivity index (χ1n) is 7.87. The van der Waals surface area contributed by atoms with Crippen molar-refractivity contribution in [3.05, 3.63) is 46.4 Å². The molecule has 1 N–H and O–H groups in total. The summed E-state index contributed by atoms with van der Waals surface area (Å²) in [6.45, 7) is 2.54. The summed E-state index contributed by atoms with van der Waals surface area (Å²) in [5.74, 6) is 0.423. The van der Waals surface area contributed by atoms with Crippen molar-refractivity contribution in [1.82, 2.24) is 9.97 Å². The van der Waals surface area contributed by atoms with Crippen molar-refractivity contribution < 1.29 is 19.2 Å². The third-order valence-electron chi connectivity index (χ3n) is 3.86. The summed E-state index contributed by atoms with van der Waals surface area (Å²) in [5.41, 5.74) is 0.186. The van der Waals surface area contributed by atoms with E-state index in [1.807, 2.05) is 4.90 Å². The number of aromatic nitrogens is 2. The highest BCUT2D eigenvalue weighted by atomic mass is 16.6. The number of hydrogen-bond donors (Lipinski definition) is 1. The number of morpholine rings is 1. The minimum Gasteiger partial charge on any atom is -0.495 e. The maximum absolute atomic E-state index is 12.5. The van der Waals surface area contributed by atoms with Crippen LogP contribution in [0.25, 0.3) is 0 Å². The highest BCUT2D eigenvalue weighted by molar-refractivity contribution is 6.04. The lowest BCUT2D eigenvalue weighted by Crippen LogP contribution is -2.37. The molecule has 2 aromatic rings. The fourth-order valence-corrected chi connectivity index (χ4v) is 2.53. The second kappa shape index (κ2) is 7.74. The van der Waals surface area contributed by atoms with Gasteiger partial charge in [-0.2, -0.15) is 0 Å². The Balaban J connectivity index is 1.82. The molecular formula is C16H17N5O5. The fourth-order valence-electron chi connectivity index (χ4n) is 2.53. The molecule has 26 heavy (non-hydrogen) atoms. The molecule has 1 amide bonds. The standard InChI is InChI=1S/C16H17N5O5/c1-25-14-3-2-11(21(23)24)8-12(14)19-16(22)13-9-15(18-10-17-13)20-4-6-26-7-5-20/h2-3,8-10H,4-7H2,1H3,(H,19,22). The van der Waals surface area contributed by atoms with Crippen LogP contribution in [0.2, 0.25) is 0 Å². The number of non-ortho nitro benzene ring substituents is 1. The van der Waals surface area contributed by atoms with Crippen molar-refractivity contribution in [1.29, 1.82) is 0 Å². The zero-order chi connectivity index (χ0) is 18.5. The lowest BCUT2D eigenvalue weighted by atomic mass is 10.2. The number of amides is 1. The molecule has 1 aliphatic rings. The van der Waals surface area contributed by atoms with Crippen molar-refractivity contribution in [3.8, 4) is 5.75 Å². The van der Waals surface area contributed by atoms with Crippen LogP contribution in [0, 0.1) is 10.1 Å². The molecule has 0 atom stereocenters. The van der Waals surface area contributed by atoms with Crippen LogP contribution in [0.4, 0.5) is 17.2 Å². The molecule has 10 heteroatoms. The average Bonchev–Trinajstić information content (AvgIpc) is 2.68. The summed E-state index contributed by atoms with van der Waals surface area (Å²) in [5, 5.41) is 13.5. The average molecular weight is 359 g/mol. The van der Waals surface area contributed by atoms with E-state index in [0.29, 0.717) is 37.9 Å². The van der Waals surface area contributed by atoms with E-state index in [2.05, 4.69) is 15.3 Å². The number of carbonyl (C=O) groups is 1. The van der Waals surface area contributed by atoms with Gasteiger partial charge in [-0.05, 0) is 6.07 Å². The largest absolute Gasteiger partial charge is 0.495 e. The summed E-state index contributed by atoms with van der Waals surface area (Å²) in [4.78, 5) is 33.1. The predicted molar refractivity (Wildman–Crippen MR) is 92.7 cm³/mol. The minimum atomic E-state index is -0.545. The maximum Gasteiger partial charge on any atom is 0.274 e. The number of methoxy groups -OCH3 is 1. The number of benzene rings is 1. The van der Waals surface area contributed by atoms with Gasteiger partial charge in [-0.3, -0.25) is 14.9 Å². The molecule has 0 aliphatic carbocycles. The van der Waals surface area contributed by atoms with E-state index in [0.717, 1.165) is 0 Å². The highest BCUT2D eigenvalue weighted by Gasteiger charge is 2.18. The molecule has 1 aromatic heterocycles. The second-order valence-corrected chi connectivity index (χ2v) is 5.46. The van der Waals surface area contributed by atoms with E-state index < -0.39 is 10.8 Å². The van der Waals surface area contributed by atoms with Crippen LogP contribution in [-0.4, -0.2) is 54.2 Å². The van der Waals surface area contributed by atoms with Gasteiger partial charge in [-0.15, -0.1) is 0 Å². The Bertz CT molecular complexity index is 822. The Kier molecular flexibility index (Phi) is 5.23. The highest BCUT2D eigenvalue weighted by Crippen LogP contribution is 2.29. The van der Waals surface area contributed by atoms with Crippen LogP contribution in [0.1, 0.15) is 10.5 Å². The van der Waals surface area contributed by atoms with E-state index in [1.165, 1.54) is 31.6 Å².